The molecular weight excluding hydrogens is 446 g/mol. The fourth-order valence-electron chi connectivity index (χ4n) is 6.51. The highest BCUT2D eigenvalue weighted by Crippen LogP contribution is 2.75. The summed E-state index contributed by atoms with van der Waals surface area (Å²) in [5.74, 6) is 0.248. The van der Waals surface area contributed by atoms with Gasteiger partial charge in [0.15, 0.2) is 0 Å². The minimum Gasteiger partial charge on any atom is -0.445 e. The van der Waals surface area contributed by atoms with Crippen LogP contribution in [0.1, 0.15) is 64.9 Å². The molecule has 1 aromatic rings. The predicted octanol–water partition coefficient (Wildman–Crippen LogP) is 4.08. The van der Waals surface area contributed by atoms with Crippen LogP contribution in [0.2, 0.25) is 0 Å². The Bertz CT molecular complexity index is 984. The lowest BCUT2D eigenvalue weighted by molar-refractivity contribution is -0.137. The second-order valence-corrected chi connectivity index (χ2v) is 11.8. The number of rotatable bonds is 4. The van der Waals surface area contributed by atoms with Gasteiger partial charge in [0.1, 0.15) is 12.2 Å². The molecular formula is C27H37N3O5. The van der Waals surface area contributed by atoms with Crippen molar-refractivity contribution >= 4 is 18.1 Å². The minimum atomic E-state index is -0.507. The van der Waals surface area contributed by atoms with Crippen LogP contribution in [0.4, 0.5) is 9.59 Å². The molecule has 8 heteroatoms. The Labute approximate surface area is 207 Å². The Kier molecular flexibility index (Phi) is 5.96. The van der Waals surface area contributed by atoms with Crippen LogP contribution >= 0.6 is 0 Å². The molecule has 3 amide bonds. The van der Waals surface area contributed by atoms with Crippen LogP contribution in [0.15, 0.2) is 30.3 Å². The molecule has 2 aliphatic carbocycles. The van der Waals surface area contributed by atoms with Gasteiger partial charge in [-0.2, -0.15) is 0 Å². The van der Waals surface area contributed by atoms with Crippen LogP contribution in [0, 0.1) is 10.8 Å². The summed E-state index contributed by atoms with van der Waals surface area (Å²) in [7, 11) is 0. The van der Waals surface area contributed by atoms with E-state index >= 15 is 0 Å². The Morgan fingerprint density at radius 3 is 2.51 bits per heavy atom. The first kappa shape index (κ1) is 23.9. The molecule has 0 spiro atoms. The van der Waals surface area contributed by atoms with E-state index in [1.54, 1.807) is 4.90 Å². The molecule has 1 N–H and O–H groups in total. The van der Waals surface area contributed by atoms with Gasteiger partial charge in [-0.1, -0.05) is 30.3 Å². The van der Waals surface area contributed by atoms with Crippen molar-refractivity contribution in [2.24, 2.45) is 10.8 Å². The third-order valence-corrected chi connectivity index (χ3v) is 8.33. The predicted molar refractivity (Wildman–Crippen MR) is 129 cm³/mol. The fraction of sp³-hybridized carbons (Fsp3) is 0.667. The van der Waals surface area contributed by atoms with Crippen LogP contribution in [-0.2, 0) is 20.9 Å². The van der Waals surface area contributed by atoms with Crippen LogP contribution in [0.3, 0.4) is 0 Å². The smallest absolute Gasteiger partial charge is 0.410 e. The highest BCUT2D eigenvalue weighted by atomic mass is 16.6. The number of nitrogens with one attached hydrogen (secondary N) is 1. The Balaban J connectivity index is 1.13. The monoisotopic (exact) mass is 483 g/mol. The van der Waals surface area contributed by atoms with Gasteiger partial charge in [0, 0.05) is 37.1 Å². The zero-order valence-electron chi connectivity index (χ0n) is 21.0. The zero-order chi connectivity index (χ0) is 24.8. The molecule has 2 saturated heterocycles. The lowest BCUT2D eigenvalue weighted by Crippen LogP contribution is -2.50. The van der Waals surface area contributed by atoms with E-state index in [9.17, 15) is 14.4 Å². The lowest BCUT2D eigenvalue weighted by Gasteiger charge is -2.38. The average molecular weight is 484 g/mol. The number of ether oxygens (including phenoxy) is 2. The minimum absolute atomic E-state index is 0.0354. The molecule has 2 unspecified atom stereocenters. The van der Waals surface area contributed by atoms with Crippen molar-refractivity contribution in [3.8, 4) is 0 Å². The van der Waals surface area contributed by atoms with E-state index in [0.29, 0.717) is 19.5 Å². The number of alkyl carbamates (subject to hydrolysis) is 1. The van der Waals surface area contributed by atoms with Crippen LogP contribution in [0.25, 0.3) is 0 Å². The average Bonchev–Trinajstić information content (AvgIpc) is 3.43. The first-order valence-corrected chi connectivity index (χ1v) is 12.9. The van der Waals surface area contributed by atoms with E-state index < -0.39 is 11.7 Å². The number of nitrogens with zero attached hydrogens (tertiary/aromatic N) is 2. The molecule has 2 aliphatic heterocycles. The van der Waals surface area contributed by atoms with Gasteiger partial charge in [0.2, 0.25) is 5.91 Å². The summed E-state index contributed by atoms with van der Waals surface area (Å²) in [5.41, 5.74) is 0.182. The molecule has 2 heterocycles. The summed E-state index contributed by atoms with van der Waals surface area (Å²) >= 11 is 0. The van der Waals surface area contributed by atoms with Crippen molar-refractivity contribution in [2.75, 3.05) is 19.6 Å². The highest BCUT2D eigenvalue weighted by Gasteiger charge is 2.78. The third-order valence-electron chi connectivity index (χ3n) is 8.33. The van der Waals surface area contributed by atoms with E-state index in [1.807, 2.05) is 51.1 Å². The Morgan fingerprint density at radius 1 is 1.11 bits per heavy atom. The standard InChI is InChI=1S/C27H37N3O5/c1-25(2,3)35-24(33)29-13-10-21(11-14-29)30-18-26-12-9-20(15-27(26,17-26)22(30)31)28-23(32)34-16-19-7-5-4-6-8-19/h4-8,20-21H,9-18H2,1-3H3,(H,28,32)/t20?,26?,27-/m0/s1. The highest BCUT2D eigenvalue weighted by molar-refractivity contribution is 5.91. The van der Waals surface area contributed by atoms with E-state index in [4.69, 9.17) is 9.47 Å². The second-order valence-electron chi connectivity index (χ2n) is 11.8. The van der Waals surface area contributed by atoms with Gasteiger partial charge in [-0.3, -0.25) is 4.79 Å². The quantitative estimate of drug-likeness (QED) is 0.697. The molecule has 35 heavy (non-hydrogen) atoms. The summed E-state index contributed by atoms with van der Waals surface area (Å²) in [6.45, 7) is 7.90. The van der Waals surface area contributed by atoms with Crippen molar-refractivity contribution in [1.82, 2.24) is 15.1 Å². The van der Waals surface area contributed by atoms with Crippen molar-refractivity contribution < 1.29 is 23.9 Å². The molecule has 0 bridgehead atoms. The molecule has 2 saturated carbocycles. The van der Waals surface area contributed by atoms with Crippen molar-refractivity contribution in [1.29, 1.82) is 0 Å². The summed E-state index contributed by atoms with van der Waals surface area (Å²) in [6, 6.07) is 9.75. The van der Waals surface area contributed by atoms with Gasteiger partial charge in [-0.15, -0.1) is 0 Å². The first-order chi connectivity index (χ1) is 16.6. The van der Waals surface area contributed by atoms with Gasteiger partial charge in [0.25, 0.3) is 0 Å². The lowest BCUT2D eigenvalue weighted by atomic mass is 9.79. The summed E-state index contributed by atoms with van der Waals surface area (Å²) in [5, 5.41) is 3.01. The number of hydrogen-bond acceptors (Lipinski definition) is 5. The van der Waals surface area contributed by atoms with Crippen LogP contribution in [-0.4, -0.2) is 65.2 Å². The number of likely N-dealkylation sites (tertiary alicyclic amines) is 2. The van der Waals surface area contributed by atoms with E-state index in [1.165, 1.54) is 0 Å². The Hall–Kier alpha value is -2.77. The van der Waals surface area contributed by atoms with Crippen LogP contribution in [0.5, 0.6) is 0 Å². The topological polar surface area (TPSA) is 88.2 Å². The van der Waals surface area contributed by atoms with Crippen molar-refractivity contribution in [3.05, 3.63) is 35.9 Å². The van der Waals surface area contributed by atoms with Gasteiger partial charge < -0.3 is 24.6 Å². The number of benzene rings is 1. The largest absolute Gasteiger partial charge is 0.445 e. The number of piperidine rings is 2. The van der Waals surface area contributed by atoms with Crippen LogP contribution < -0.4 is 5.32 Å². The summed E-state index contributed by atoms with van der Waals surface area (Å²) in [4.78, 5) is 42.3. The third kappa shape index (κ3) is 4.59. The molecule has 0 radical (unpaired) electrons. The number of amides is 3. The van der Waals surface area contributed by atoms with Gasteiger partial charge in [-0.05, 0) is 64.9 Å². The molecule has 0 aromatic heterocycles. The first-order valence-electron chi connectivity index (χ1n) is 12.9. The molecule has 4 fully saturated rings. The van der Waals surface area contributed by atoms with Gasteiger partial charge in [0.05, 0.1) is 5.41 Å². The van der Waals surface area contributed by atoms with Crippen molar-refractivity contribution in [3.63, 3.8) is 0 Å². The maximum Gasteiger partial charge on any atom is 0.410 e. The maximum absolute atomic E-state index is 13.6. The molecule has 1 aromatic carbocycles. The summed E-state index contributed by atoms with van der Waals surface area (Å²) in [6.07, 6.45) is 4.33. The van der Waals surface area contributed by atoms with E-state index in [0.717, 1.165) is 44.2 Å². The van der Waals surface area contributed by atoms with E-state index in [-0.39, 0.29) is 41.5 Å². The normalized spacial score (nSPS) is 30.4. The molecule has 5 rings (SSSR count). The summed E-state index contributed by atoms with van der Waals surface area (Å²) < 4.78 is 10.9. The number of carbonyl (C=O) groups is 3. The Morgan fingerprint density at radius 2 is 1.83 bits per heavy atom. The molecule has 190 valence electrons. The fourth-order valence-corrected chi connectivity index (χ4v) is 6.51. The maximum atomic E-state index is 13.6. The number of hydrogen-bond donors (Lipinski definition) is 1. The van der Waals surface area contributed by atoms with Gasteiger partial charge >= 0.3 is 12.2 Å². The van der Waals surface area contributed by atoms with Gasteiger partial charge in [-0.25, -0.2) is 9.59 Å². The molecule has 4 aliphatic rings. The van der Waals surface area contributed by atoms with Crippen molar-refractivity contribution in [2.45, 2.75) is 83.6 Å². The van der Waals surface area contributed by atoms with E-state index in [2.05, 4.69) is 10.2 Å². The number of carbonyl (C=O) groups excluding carboxylic acids is 3. The molecule has 3 atom stereocenters. The SMILES string of the molecule is CC(C)(C)OC(=O)N1CCC(N2CC34CCC(NC(=O)OCc5ccccc5)C[C@]3(C4)C2=O)CC1. The zero-order valence-corrected chi connectivity index (χ0v) is 21.0. The second kappa shape index (κ2) is 8.71. The molecule has 8 nitrogen and oxygen atoms in total.